The third-order valence-electron chi connectivity index (χ3n) is 3.78. The van der Waals surface area contributed by atoms with Crippen molar-refractivity contribution in [3.05, 3.63) is 17.7 Å². The molecule has 0 aliphatic rings. The van der Waals surface area contributed by atoms with Crippen LogP contribution in [0.1, 0.15) is 12.0 Å². The van der Waals surface area contributed by atoms with Gasteiger partial charge in [-0.3, -0.25) is 4.90 Å². The maximum Gasteiger partial charge on any atom is 0.145 e. The van der Waals surface area contributed by atoms with Crippen molar-refractivity contribution in [1.29, 1.82) is 0 Å². The molecule has 0 aliphatic carbocycles. The molecular weight excluding hydrogens is 296 g/mol. The van der Waals surface area contributed by atoms with Crippen LogP contribution in [0.3, 0.4) is 0 Å². The number of nitrogens with two attached hydrogens (primary N) is 1. The third-order valence-corrected chi connectivity index (χ3v) is 3.78. The van der Waals surface area contributed by atoms with E-state index in [9.17, 15) is 0 Å². The Morgan fingerprint density at radius 1 is 0.870 bits per heavy atom. The maximum atomic E-state index is 5.99. The molecule has 1 aromatic rings. The summed E-state index contributed by atoms with van der Waals surface area (Å²) in [5, 5.41) is 0. The van der Waals surface area contributed by atoms with Gasteiger partial charge in [-0.05, 0) is 31.0 Å². The van der Waals surface area contributed by atoms with Crippen LogP contribution in [0.2, 0.25) is 0 Å². The molecule has 1 aromatic carbocycles. The van der Waals surface area contributed by atoms with Crippen LogP contribution in [0.15, 0.2) is 12.1 Å². The van der Waals surface area contributed by atoms with Gasteiger partial charge in [-0.1, -0.05) is 0 Å². The molecule has 0 bridgehead atoms. The molecule has 0 radical (unpaired) electrons. The fourth-order valence-corrected chi connectivity index (χ4v) is 2.46. The summed E-state index contributed by atoms with van der Waals surface area (Å²) in [7, 11) is 6.71. The second-order valence-electron chi connectivity index (χ2n) is 5.34. The van der Waals surface area contributed by atoms with Gasteiger partial charge in [-0.15, -0.1) is 0 Å². The molecule has 0 saturated carbocycles. The van der Waals surface area contributed by atoms with Crippen molar-refractivity contribution in [1.82, 2.24) is 4.90 Å². The summed E-state index contributed by atoms with van der Waals surface area (Å²) in [5.41, 5.74) is 7.73. The molecule has 0 saturated heterocycles. The van der Waals surface area contributed by atoms with Crippen LogP contribution in [0.4, 0.5) is 5.69 Å². The highest BCUT2D eigenvalue weighted by atomic mass is 16.5. The second-order valence-corrected chi connectivity index (χ2v) is 5.34. The Bertz CT molecular complexity index is 446. The molecular formula is C17H30N2O4. The van der Waals surface area contributed by atoms with Crippen LogP contribution in [0.5, 0.6) is 11.5 Å². The summed E-state index contributed by atoms with van der Waals surface area (Å²) in [4.78, 5) is 2.34. The first-order chi connectivity index (χ1) is 11.2. The molecule has 0 heterocycles. The maximum absolute atomic E-state index is 5.99. The monoisotopic (exact) mass is 326 g/mol. The number of ether oxygens (including phenoxy) is 4. The molecule has 0 atom stereocenters. The minimum absolute atomic E-state index is 0.638. The number of anilines is 1. The summed E-state index contributed by atoms with van der Waals surface area (Å²) in [6.07, 6.45) is 1.91. The van der Waals surface area contributed by atoms with Crippen molar-refractivity contribution in [2.24, 2.45) is 0 Å². The quantitative estimate of drug-likeness (QED) is 0.591. The average molecular weight is 326 g/mol. The van der Waals surface area contributed by atoms with Crippen LogP contribution >= 0.6 is 0 Å². The van der Waals surface area contributed by atoms with E-state index in [0.29, 0.717) is 11.4 Å². The Morgan fingerprint density at radius 2 is 1.48 bits per heavy atom. The molecule has 0 fully saturated rings. The van der Waals surface area contributed by atoms with Crippen molar-refractivity contribution >= 4 is 5.69 Å². The summed E-state index contributed by atoms with van der Waals surface area (Å²) in [6, 6.07) is 3.78. The SMILES string of the molecule is COCCN(CCCc1cc(N)c(OC)cc1OC)CCOC. The lowest BCUT2D eigenvalue weighted by Gasteiger charge is -2.21. The van der Waals surface area contributed by atoms with Gasteiger partial charge in [0.05, 0.1) is 33.1 Å². The summed E-state index contributed by atoms with van der Waals surface area (Å²) in [5.74, 6) is 1.46. The summed E-state index contributed by atoms with van der Waals surface area (Å²) >= 11 is 0. The number of benzene rings is 1. The van der Waals surface area contributed by atoms with E-state index < -0.39 is 0 Å². The molecule has 6 heteroatoms. The van der Waals surface area contributed by atoms with Gasteiger partial charge in [0.2, 0.25) is 0 Å². The first-order valence-corrected chi connectivity index (χ1v) is 7.86. The largest absolute Gasteiger partial charge is 0.496 e. The predicted octanol–water partition coefficient (Wildman–Crippen LogP) is 1.81. The number of hydrogen-bond donors (Lipinski definition) is 1. The lowest BCUT2D eigenvalue weighted by atomic mass is 10.1. The second kappa shape index (κ2) is 11.1. The van der Waals surface area contributed by atoms with Crippen LogP contribution in [-0.2, 0) is 15.9 Å². The molecule has 0 unspecified atom stereocenters. The Balaban J connectivity index is 2.59. The molecule has 23 heavy (non-hydrogen) atoms. The van der Waals surface area contributed by atoms with Crippen molar-refractivity contribution < 1.29 is 18.9 Å². The van der Waals surface area contributed by atoms with Crippen LogP contribution in [-0.4, -0.2) is 66.2 Å². The van der Waals surface area contributed by atoms with Gasteiger partial charge >= 0.3 is 0 Å². The van der Waals surface area contributed by atoms with Crippen LogP contribution in [0, 0.1) is 0 Å². The van der Waals surface area contributed by atoms with Crippen LogP contribution < -0.4 is 15.2 Å². The first kappa shape index (κ1) is 19.5. The van der Waals surface area contributed by atoms with Gasteiger partial charge in [0, 0.05) is 33.4 Å². The average Bonchev–Trinajstić information content (AvgIpc) is 2.57. The highest BCUT2D eigenvalue weighted by molar-refractivity contribution is 5.59. The molecule has 0 aliphatic heterocycles. The lowest BCUT2D eigenvalue weighted by Crippen LogP contribution is -2.31. The number of nitrogen functional groups attached to an aromatic ring is 1. The number of aryl methyl sites for hydroxylation is 1. The molecule has 1 rings (SSSR count). The van der Waals surface area contributed by atoms with Crippen molar-refractivity contribution in [3.63, 3.8) is 0 Å². The van der Waals surface area contributed by atoms with Gasteiger partial charge in [-0.2, -0.15) is 0 Å². The minimum Gasteiger partial charge on any atom is -0.496 e. The zero-order valence-corrected chi connectivity index (χ0v) is 14.8. The molecule has 0 spiro atoms. The Morgan fingerprint density at radius 3 is 2.00 bits per heavy atom. The highest BCUT2D eigenvalue weighted by Crippen LogP contribution is 2.31. The van der Waals surface area contributed by atoms with E-state index in [1.807, 2.05) is 12.1 Å². The van der Waals surface area contributed by atoms with Crippen LogP contribution in [0.25, 0.3) is 0 Å². The van der Waals surface area contributed by atoms with E-state index in [1.54, 1.807) is 28.4 Å². The summed E-state index contributed by atoms with van der Waals surface area (Å²) < 4.78 is 21.0. The van der Waals surface area contributed by atoms with Crippen molar-refractivity contribution in [2.75, 3.05) is 67.0 Å². The van der Waals surface area contributed by atoms with E-state index in [2.05, 4.69) is 4.90 Å². The van der Waals surface area contributed by atoms with Gasteiger partial charge in [0.25, 0.3) is 0 Å². The van der Waals surface area contributed by atoms with E-state index in [0.717, 1.165) is 57.0 Å². The molecule has 2 N–H and O–H groups in total. The smallest absolute Gasteiger partial charge is 0.145 e. The fourth-order valence-electron chi connectivity index (χ4n) is 2.46. The number of methoxy groups -OCH3 is 4. The van der Waals surface area contributed by atoms with E-state index >= 15 is 0 Å². The van der Waals surface area contributed by atoms with Crippen molar-refractivity contribution in [2.45, 2.75) is 12.8 Å². The highest BCUT2D eigenvalue weighted by Gasteiger charge is 2.10. The predicted molar refractivity (Wildman–Crippen MR) is 92.5 cm³/mol. The van der Waals surface area contributed by atoms with E-state index in [1.165, 1.54) is 0 Å². The molecule has 0 aromatic heterocycles. The van der Waals surface area contributed by atoms with E-state index in [4.69, 9.17) is 24.7 Å². The fraction of sp³-hybridized carbons (Fsp3) is 0.647. The Labute approximate surface area is 139 Å². The Kier molecular flexibility index (Phi) is 9.43. The van der Waals surface area contributed by atoms with Gasteiger partial charge < -0.3 is 24.7 Å². The zero-order chi connectivity index (χ0) is 17.1. The minimum atomic E-state index is 0.638. The summed E-state index contributed by atoms with van der Waals surface area (Å²) in [6.45, 7) is 4.23. The number of hydrogen-bond acceptors (Lipinski definition) is 6. The first-order valence-electron chi connectivity index (χ1n) is 7.86. The van der Waals surface area contributed by atoms with Gasteiger partial charge in [0.1, 0.15) is 11.5 Å². The standard InChI is InChI=1S/C17H30N2O4/c1-20-10-8-19(9-11-21-2)7-5-6-14-12-15(18)17(23-4)13-16(14)22-3/h12-13H,5-11,18H2,1-4H3. The lowest BCUT2D eigenvalue weighted by molar-refractivity contribution is 0.113. The molecule has 0 amide bonds. The normalized spacial score (nSPS) is 11.0. The zero-order valence-electron chi connectivity index (χ0n) is 14.8. The topological polar surface area (TPSA) is 66.2 Å². The van der Waals surface area contributed by atoms with Gasteiger partial charge in [-0.25, -0.2) is 0 Å². The third kappa shape index (κ3) is 6.64. The number of nitrogens with zero attached hydrogens (tertiary/aromatic N) is 1. The van der Waals surface area contributed by atoms with E-state index in [-0.39, 0.29) is 0 Å². The molecule has 132 valence electrons. The number of rotatable bonds is 12. The van der Waals surface area contributed by atoms with Gasteiger partial charge in [0.15, 0.2) is 0 Å². The Hall–Kier alpha value is -1.50. The molecule has 6 nitrogen and oxygen atoms in total. The van der Waals surface area contributed by atoms with Crippen molar-refractivity contribution in [3.8, 4) is 11.5 Å².